The van der Waals surface area contributed by atoms with Crippen molar-refractivity contribution in [3.63, 3.8) is 0 Å². The maximum absolute atomic E-state index is 11.8. The predicted octanol–water partition coefficient (Wildman–Crippen LogP) is 0.775. The molecule has 0 saturated heterocycles. The Bertz CT molecular complexity index is 303. The SMILES string of the molecule is COC(=O)C12C(=O)C3CCC1C2C3. The topological polar surface area (TPSA) is 43.4 Å². The number of ketones is 1. The van der Waals surface area contributed by atoms with Crippen LogP contribution in [0.5, 0.6) is 0 Å². The van der Waals surface area contributed by atoms with Crippen molar-refractivity contribution in [3.05, 3.63) is 0 Å². The number of methoxy groups -OCH3 is 1. The predicted molar refractivity (Wildman–Crippen MR) is 43.8 cm³/mol. The third-order valence-electron chi connectivity index (χ3n) is 4.21. The van der Waals surface area contributed by atoms with E-state index < -0.39 is 5.41 Å². The fraction of sp³-hybridized carbons (Fsp3) is 0.800. The van der Waals surface area contributed by atoms with Crippen LogP contribution >= 0.6 is 0 Å². The molecule has 0 radical (unpaired) electrons. The van der Waals surface area contributed by atoms with Crippen LogP contribution in [0.1, 0.15) is 19.3 Å². The average molecular weight is 180 g/mol. The van der Waals surface area contributed by atoms with Crippen LogP contribution in [0.4, 0.5) is 0 Å². The lowest BCUT2D eigenvalue weighted by Gasteiger charge is -2.23. The molecule has 3 heteroatoms. The Morgan fingerprint density at radius 2 is 2.23 bits per heavy atom. The second kappa shape index (κ2) is 1.97. The Hall–Kier alpha value is -0.860. The van der Waals surface area contributed by atoms with Gasteiger partial charge in [0.25, 0.3) is 0 Å². The van der Waals surface area contributed by atoms with E-state index in [-0.39, 0.29) is 17.7 Å². The van der Waals surface area contributed by atoms with E-state index in [0.29, 0.717) is 11.8 Å². The molecule has 0 aromatic rings. The molecular weight excluding hydrogens is 168 g/mol. The van der Waals surface area contributed by atoms with Gasteiger partial charge in [0.2, 0.25) is 0 Å². The highest BCUT2D eigenvalue weighted by Gasteiger charge is 2.80. The molecule has 0 aromatic carbocycles. The zero-order chi connectivity index (χ0) is 9.22. The summed E-state index contributed by atoms with van der Waals surface area (Å²) in [7, 11) is 1.38. The number of Topliss-reactive ketones (excluding diaryl/α,β-unsaturated/α-hetero) is 1. The van der Waals surface area contributed by atoms with Crippen LogP contribution in [-0.2, 0) is 14.3 Å². The van der Waals surface area contributed by atoms with Gasteiger partial charge in [-0.15, -0.1) is 0 Å². The van der Waals surface area contributed by atoms with Gasteiger partial charge in [0, 0.05) is 5.92 Å². The first-order valence-corrected chi connectivity index (χ1v) is 4.85. The van der Waals surface area contributed by atoms with E-state index in [1.807, 2.05) is 0 Å². The van der Waals surface area contributed by atoms with E-state index in [2.05, 4.69) is 0 Å². The largest absolute Gasteiger partial charge is 0.468 e. The summed E-state index contributed by atoms with van der Waals surface area (Å²) in [6.45, 7) is 0. The van der Waals surface area contributed by atoms with E-state index in [1.165, 1.54) is 7.11 Å². The molecule has 4 atom stereocenters. The second-order valence-corrected chi connectivity index (χ2v) is 4.45. The van der Waals surface area contributed by atoms with Crippen LogP contribution in [0, 0.1) is 23.2 Å². The number of fused-ring (bicyclic) bond motifs is 1. The smallest absolute Gasteiger partial charge is 0.319 e. The van der Waals surface area contributed by atoms with Crippen LogP contribution < -0.4 is 0 Å². The Labute approximate surface area is 76.4 Å². The van der Waals surface area contributed by atoms with E-state index in [9.17, 15) is 9.59 Å². The third-order valence-corrected chi connectivity index (χ3v) is 4.21. The van der Waals surface area contributed by atoms with E-state index in [4.69, 9.17) is 4.74 Å². The summed E-state index contributed by atoms with van der Waals surface area (Å²) < 4.78 is 4.74. The fourth-order valence-corrected chi connectivity index (χ4v) is 3.64. The minimum Gasteiger partial charge on any atom is -0.468 e. The zero-order valence-electron chi connectivity index (χ0n) is 7.58. The summed E-state index contributed by atoms with van der Waals surface area (Å²) >= 11 is 0. The van der Waals surface area contributed by atoms with Gasteiger partial charge in [-0.3, -0.25) is 9.59 Å². The molecule has 0 heterocycles. The second-order valence-electron chi connectivity index (χ2n) is 4.45. The summed E-state index contributed by atoms with van der Waals surface area (Å²) in [5.74, 6) is 0.757. The lowest BCUT2D eigenvalue weighted by Crippen LogP contribution is -2.34. The molecule has 4 fully saturated rings. The first-order valence-electron chi connectivity index (χ1n) is 4.85. The van der Waals surface area contributed by atoms with Crippen LogP contribution in [0.2, 0.25) is 0 Å². The van der Waals surface area contributed by atoms with Crippen molar-refractivity contribution in [1.29, 1.82) is 0 Å². The summed E-state index contributed by atoms with van der Waals surface area (Å²) in [5.41, 5.74) is -0.655. The van der Waals surface area contributed by atoms with Gasteiger partial charge in [-0.25, -0.2) is 0 Å². The lowest BCUT2D eigenvalue weighted by atomic mass is 9.80. The molecule has 70 valence electrons. The Morgan fingerprint density at radius 3 is 2.69 bits per heavy atom. The lowest BCUT2D eigenvalue weighted by molar-refractivity contribution is -0.153. The molecule has 4 saturated carbocycles. The van der Waals surface area contributed by atoms with Crippen molar-refractivity contribution in [2.45, 2.75) is 19.3 Å². The van der Waals surface area contributed by atoms with Crippen molar-refractivity contribution in [2.75, 3.05) is 7.11 Å². The van der Waals surface area contributed by atoms with Crippen LogP contribution in [-0.4, -0.2) is 18.9 Å². The van der Waals surface area contributed by atoms with Gasteiger partial charge in [-0.05, 0) is 31.1 Å². The van der Waals surface area contributed by atoms with E-state index >= 15 is 0 Å². The highest BCUT2D eigenvalue weighted by Crippen LogP contribution is 2.73. The highest BCUT2D eigenvalue weighted by molar-refractivity contribution is 6.11. The first-order chi connectivity index (χ1) is 6.22. The van der Waals surface area contributed by atoms with E-state index in [1.54, 1.807) is 0 Å². The monoisotopic (exact) mass is 180 g/mol. The Morgan fingerprint density at radius 1 is 1.46 bits per heavy atom. The maximum Gasteiger partial charge on any atom is 0.319 e. The molecule has 0 spiro atoms. The molecule has 4 bridgehead atoms. The minimum atomic E-state index is -0.655. The molecule has 0 aromatic heterocycles. The number of hydrogen-bond donors (Lipinski definition) is 0. The number of carbonyl (C=O) groups excluding carboxylic acids is 2. The number of carbonyl (C=O) groups is 2. The Kier molecular flexibility index (Phi) is 1.14. The summed E-state index contributed by atoms with van der Waals surface area (Å²) in [6, 6.07) is 0. The standard InChI is InChI=1S/C10H12O3/c1-13-9(12)10-6-3-2-5(8(10)11)4-7(6)10/h5-7H,2-4H2,1H3. The van der Waals surface area contributed by atoms with Gasteiger partial charge in [-0.1, -0.05) is 0 Å². The third kappa shape index (κ3) is 0.578. The highest BCUT2D eigenvalue weighted by atomic mass is 16.5. The van der Waals surface area contributed by atoms with Crippen molar-refractivity contribution in [1.82, 2.24) is 0 Å². The molecule has 0 aliphatic heterocycles. The first kappa shape index (κ1) is 7.54. The van der Waals surface area contributed by atoms with Crippen LogP contribution in [0.15, 0.2) is 0 Å². The van der Waals surface area contributed by atoms with Gasteiger partial charge in [0.1, 0.15) is 5.41 Å². The van der Waals surface area contributed by atoms with Crippen molar-refractivity contribution in [2.24, 2.45) is 23.2 Å². The van der Waals surface area contributed by atoms with Crippen molar-refractivity contribution < 1.29 is 14.3 Å². The fourth-order valence-electron chi connectivity index (χ4n) is 3.64. The Balaban J connectivity index is 2.02. The minimum absolute atomic E-state index is 0.175. The van der Waals surface area contributed by atoms with Crippen LogP contribution in [0.25, 0.3) is 0 Å². The molecule has 0 amide bonds. The number of rotatable bonds is 1. The average Bonchev–Trinajstić information content (AvgIpc) is 2.78. The van der Waals surface area contributed by atoms with Crippen LogP contribution in [0.3, 0.4) is 0 Å². The molecule has 4 unspecified atom stereocenters. The summed E-state index contributed by atoms with van der Waals surface area (Å²) in [4.78, 5) is 23.4. The van der Waals surface area contributed by atoms with Crippen molar-refractivity contribution >= 4 is 11.8 Å². The van der Waals surface area contributed by atoms with Gasteiger partial charge in [0.15, 0.2) is 5.78 Å². The molecular formula is C10H12O3. The number of esters is 1. The number of hydrogen-bond acceptors (Lipinski definition) is 3. The summed E-state index contributed by atoms with van der Waals surface area (Å²) in [6.07, 6.45) is 2.99. The molecule has 0 N–H and O–H groups in total. The molecule has 4 rings (SSSR count). The molecule has 4 aliphatic rings. The molecule has 13 heavy (non-hydrogen) atoms. The van der Waals surface area contributed by atoms with Gasteiger partial charge < -0.3 is 4.74 Å². The van der Waals surface area contributed by atoms with Gasteiger partial charge in [-0.2, -0.15) is 0 Å². The van der Waals surface area contributed by atoms with Gasteiger partial charge >= 0.3 is 5.97 Å². The zero-order valence-corrected chi connectivity index (χ0v) is 7.58. The normalized spacial score (nSPS) is 50.5. The van der Waals surface area contributed by atoms with Crippen molar-refractivity contribution in [3.8, 4) is 0 Å². The summed E-state index contributed by atoms with van der Waals surface area (Å²) in [5, 5.41) is 0. The quantitative estimate of drug-likeness (QED) is 0.442. The van der Waals surface area contributed by atoms with E-state index in [0.717, 1.165) is 19.3 Å². The molecule has 3 nitrogen and oxygen atoms in total. The van der Waals surface area contributed by atoms with Gasteiger partial charge in [0.05, 0.1) is 7.11 Å². The molecule has 4 aliphatic carbocycles. The number of ether oxygens (including phenoxy) is 1. The maximum atomic E-state index is 11.8.